The molecule has 0 amide bonds. The molecule has 0 saturated heterocycles. The maximum atomic E-state index is 10.6. The van der Waals surface area contributed by atoms with Crippen LogP contribution in [0.2, 0.25) is 0 Å². The van der Waals surface area contributed by atoms with Gasteiger partial charge in [-0.05, 0) is 24.1 Å². The molecular weight excluding hydrogens is 216 g/mol. The Morgan fingerprint density at radius 3 is 2.83 bits per heavy atom. The van der Waals surface area contributed by atoms with Gasteiger partial charge in [0.2, 0.25) is 0 Å². The Hall–Kier alpha value is -0.630. The first-order valence-electron chi connectivity index (χ1n) is 3.98. The minimum absolute atomic E-state index is 0.0440. The highest BCUT2D eigenvalue weighted by atomic mass is 79.9. The van der Waals surface area contributed by atoms with Gasteiger partial charge in [-0.3, -0.25) is 0 Å². The van der Waals surface area contributed by atoms with Gasteiger partial charge in [0.05, 0.1) is 0 Å². The molecule has 2 heteroatoms. The molecule has 0 spiro atoms. The van der Waals surface area contributed by atoms with Crippen molar-refractivity contribution in [1.82, 2.24) is 0 Å². The first-order chi connectivity index (χ1) is 5.77. The van der Waals surface area contributed by atoms with Gasteiger partial charge in [-0.25, -0.2) is 0 Å². The van der Waals surface area contributed by atoms with Gasteiger partial charge in [-0.15, -0.1) is 0 Å². The fraction of sp³-hybridized carbons (Fsp3) is 0.300. The van der Waals surface area contributed by atoms with Crippen molar-refractivity contribution >= 4 is 22.2 Å². The van der Waals surface area contributed by atoms with Crippen LogP contribution in [0.25, 0.3) is 0 Å². The van der Waals surface area contributed by atoms with E-state index in [1.54, 1.807) is 0 Å². The Morgan fingerprint density at radius 2 is 2.33 bits per heavy atom. The monoisotopic (exact) mass is 226 g/mol. The van der Waals surface area contributed by atoms with Gasteiger partial charge in [0, 0.05) is 10.4 Å². The summed E-state index contributed by atoms with van der Waals surface area (Å²) >= 11 is 3.37. The van der Waals surface area contributed by atoms with Gasteiger partial charge in [0.15, 0.2) is 0 Å². The zero-order valence-electron chi connectivity index (χ0n) is 6.96. The summed E-state index contributed by atoms with van der Waals surface area (Å²) in [7, 11) is 0. The second-order valence-corrected chi connectivity index (χ2v) is 3.62. The van der Waals surface area contributed by atoms with Crippen molar-refractivity contribution in [2.45, 2.75) is 19.3 Å². The fourth-order valence-corrected chi connectivity index (χ4v) is 1.56. The van der Waals surface area contributed by atoms with Crippen molar-refractivity contribution in [3.63, 3.8) is 0 Å². The standard InChI is InChI=1S/C10H11BrO/c1-2-8(7-12)9-4-3-5-10(11)6-9/h3-8H,2H2,1H3. The third-order valence-corrected chi connectivity index (χ3v) is 2.37. The smallest absolute Gasteiger partial charge is 0.127 e. The predicted octanol–water partition coefficient (Wildman–Crippen LogP) is 3.14. The van der Waals surface area contributed by atoms with E-state index < -0.39 is 0 Å². The van der Waals surface area contributed by atoms with Gasteiger partial charge < -0.3 is 4.79 Å². The third-order valence-electron chi connectivity index (χ3n) is 1.88. The lowest BCUT2D eigenvalue weighted by Gasteiger charge is -2.06. The molecule has 0 aliphatic heterocycles. The maximum Gasteiger partial charge on any atom is 0.127 e. The quantitative estimate of drug-likeness (QED) is 0.725. The van der Waals surface area contributed by atoms with Crippen LogP contribution in [0.5, 0.6) is 0 Å². The van der Waals surface area contributed by atoms with Crippen LogP contribution in [0.1, 0.15) is 24.8 Å². The van der Waals surface area contributed by atoms with Crippen LogP contribution in [0.3, 0.4) is 0 Å². The van der Waals surface area contributed by atoms with Crippen LogP contribution in [0.15, 0.2) is 28.7 Å². The summed E-state index contributed by atoms with van der Waals surface area (Å²) in [6.07, 6.45) is 1.86. The molecule has 1 rings (SSSR count). The van der Waals surface area contributed by atoms with E-state index in [0.29, 0.717) is 0 Å². The summed E-state index contributed by atoms with van der Waals surface area (Å²) < 4.78 is 1.03. The third kappa shape index (κ3) is 2.18. The second-order valence-electron chi connectivity index (χ2n) is 2.71. The average molecular weight is 227 g/mol. The van der Waals surface area contributed by atoms with Gasteiger partial charge in [-0.1, -0.05) is 35.0 Å². The van der Waals surface area contributed by atoms with Crippen molar-refractivity contribution in [2.24, 2.45) is 0 Å². The number of carbonyl (C=O) groups is 1. The first-order valence-corrected chi connectivity index (χ1v) is 4.78. The highest BCUT2D eigenvalue weighted by Gasteiger charge is 2.06. The van der Waals surface area contributed by atoms with Crippen molar-refractivity contribution < 1.29 is 4.79 Å². The summed E-state index contributed by atoms with van der Waals surface area (Å²) in [6, 6.07) is 7.88. The number of benzene rings is 1. The molecule has 64 valence electrons. The Morgan fingerprint density at radius 1 is 1.58 bits per heavy atom. The largest absolute Gasteiger partial charge is 0.303 e. The van der Waals surface area contributed by atoms with Crippen molar-refractivity contribution in [1.29, 1.82) is 0 Å². The first kappa shape index (κ1) is 9.46. The molecule has 12 heavy (non-hydrogen) atoms. The van der Waals surface area contributed by atoms with Crippen molar-refractivity contribution in [3.8, 4) is 0 Å². The molecule has 0 bridgehead atoms. The van der Waals surface area contributed by atoms with E-state index in [2.05, 4.69) is 15.9 Å². The normalized spacial score (nSPS) is 12.5. The van der Waals surface area contributed by atoms with Crippen LogP contribution >= 0.6 is 15.9 Å². The van der Waals surface area contributed by atoms with Gasteiger partial charge >= 0.3 is 0 Å². The zero-order chi connectivity index (χ0) is 8.97. The molecule has 0 aromatic heterocycles. The summed E-state index contributed by atoms with van der Waals surface area (Å²) in [5, 5.41) is 0. The molecule has 1 aromatic rings. The summed E-state index contributed by atoms with van der Waals surface area (Å²) in [5.41, 5.74) is 1.09. The summed E-state index contributed by atoms with van der Waals surface area (Å²) in [6.45, 7) is 2.01. The molecule has 1 unspecified atom stereocenters. The maximum absolute atomic E-state index is 10.6. The highest BCUT2D eigenvalue weighted by molar-refractivity contribution is 9.10. The highest BCUT2D eigenvalue weighted by Crippen LogP contribution is 2.20. The number of rotatable bonds is 3. The summed E-state index contributed by atoms with van der Waals surface area (Å²) in [5.74, 6) is 0.0440. The number of aldehydes is 1. The SMILES string of the molecule is CCC(C=O)c1cccc(Br)c1. The lowest BCUT2D eigenvalue weighted by atomic mass is 9.98. The van der Waals surface area contributed by atoms with Crippen LogP contribution < -0.4 is 0 Å². The van der Waals surface area contributed by atoms with E-state index in [9.17, 15) is 4.79 Å². The molecule has 1 aromatic carbocycles. The van der Waals surface area contributed by atoms with Crippen LogP contribution in [0, 0.1) is 0 Å². The fourth-order valence-electron chi connectivity index (χ4n) is 1.15. The molecule has 1 nitrogen and oxygen atoms in total. The predicted molar refractivity (Wildman–Crippen MR) is 53.2 cm³/mol. The molecule has 0 heterocycles. The Labute approximate surface area is 80.9 Å². The van der Waals surface area contributed by atoms with E-state index >= 15 is 0 Å². The number of halogens is 1. The number of hydrogen-bond donors (Lipinski definition) is 0. The van der Waals surface area contributed by atoms with E-state index in [4.69, 9.17) is 0 Å². The molecule has 0 saturated carbocycles. The number of hydrogen-bond acceptors (Lipinski definition) is 1. The Balaban J connectivity index is 2.93. The van der Waals surface area contributed by atoms with E-state index in [0.717, 1.165) is 22.7 Å². The molecule has 1 atom stereocenters. The lowest BCUT2D eigenvalue weighted by molar-refractivity contribution is -0.109. The minimum Gasteiger partial charge on any atom is -0.303 e. The van der Waals surface area contributed by atoms with E-state index in [1.807, 2.05) is 31.2 Å². The minimum atomic E-state index is 0.0440. The number of carbonyl (C=O) groups excluding carboxylic acids is 1. The summed E-state index contributed by atoms with van der Waals surface area (Å²) in [4.78, 5) is 10.6. The van der Waals surface area contributed by atoms with Gasteiger partial charge in [0.1, 0.15) is 6.29 Å². The molecule has 0 aliphatic rings. The Bertz CT molecular complexity index is 270. The lowest BCUT2D eigenvalue weighted by Crippen LogP contribution is -1.97. The topological polar surface area (TPSA) is 17.1 Å². The van der Waals surface area contributed by atoms with Crippen molar-refractivity contribution in [2.75, 3.05) is 0 Å². The average Bonchev–Trinajstić information content (AvgIpc) is 2.07. The Kier molecular flexibility index (Phi) is 3.48. The van der Waals surface area contributed by atoms with Crippen LogP contribution in [-0.2, 0) is 4.79 Å². The van der Waals surface area contributed by atoms with Crippen LogP contribution in [0.4, 0.5) is 0 Å². The molecule has 0 fully saturated rings. The van der Waals surface area contributed by atoms with E-state index in [-0.39, 0.29) is 5.92 Å². The van der Waals surface area contributed by atoms with Crippen molar-refractivity contribution in [3.05, 3.63) is 34.3 Å². The van der Waals surface area contributed by atoms with Crippen LogP contribution in [-0.4, -0.2) is 6.29 Å². The molecule has 0 aliphatic carbocycles. The molecule has 0 N–H and O–H groups in total. The molecule has 0 radical (unpaired) electrons. The second kappa shape index (κ2) is 4.41. The van der Waals surface area contributed by atoms with Gasteiger partial charge in [-0.2, -0.15) is 0 Å². The zero-order valence-corrected chi connectivity index (χ0v) is 8.54. The molecular formula is C10H11BrO. The van der Waals surface area contributed by atoms with Gasteiger partial charge in [0.25, 0.3) is 0 Å². The van der Waals surface area contributed by atoms with E-state index in [1.165, 1.54) is 0 Å².